The molecule has 0 aromatic heterocycles. The van der Waals surface area contributed by atoms with Gasteiger partial charge in [-0.3, -0.25) is 0 Å². The Hall–Kier alpha value is -2.53. The first-order chi connectivity index (χ1) is 12.8. The van der Waals surface area contributed by atoms with E-state index in [4.69, 9.17) is 14.2 Å². The molecule has 27 heavy (non-hydrogen) atoms. The number of hydrogen-bond acceptors (Lipinski definition) is 5. The molecule has 0 heterocycles. The van der Waals surface area contributed by atoms with Crippen molar-refractivity contribution in [2.75, 3.05) is 19.8 Å². The summed E-state index contributed by atoms with van der Waals surface area (Å²) in [6, 6.07) is 14.5. The Labute approximate surface area is 160 Å². The van der Waals surface area contributed by atoms with Crippen LogP contribution in [0.25, 0.3) is 0 Å². The largest absolute Gasteiger partial charge is 0.491 e. The van der Waals surface area contributed by atoms with Crippen LogP contribution in [0, 0.1) is 0 Å². The van der Waals surface area contributed by atoms with E-state index in [0.29, 0.717) is 23.7 Å². The number of benzene rings is 2. The van der Waals surface area contributed by atoms with Crippen LogP contribution in [-0.2, 0) is 10.2 Å². The summed E-state index contributed by atoms with van der Waals surface area (Å²) in [5.74, 6) is 0.910. The molecule has 2 aromatic carbocycles. The molecule has 0 radical (unpaired) electrons. The predicted molar refractivity (Wildman–Crippen MR) is 105 cm³/mol. The number of carbonyl (C=O) groups is 1. The van der Waals surface area contributed by atoms with Crippen molar-refractivity contribution in [3.8, 4) is 11.5 Å². The molecular weight excluding hydrogens is 344 g/mol. The highest BCUT2D eigenvalue weighted by molar-refractivity contribution is 5.89. The van der Waals surface area contributed by atoms with Gasteiger partial charge in [0.1, 0.15) is 30.8 Å². The van der Waals surface area contributed by atoms with Gasteiger partial charge in [0.25, 0.3) is 0 Å². The van der Waals surface area contributed by atoms with Crippen LogP contribution in [0.2, 0.25) is 0 Å². The summed E-state index contributed by atoms with van der Waals surface area (Å²) >= 11 is 0. The third-order valence-electron chi connectivity index (χ3n) is 3.97. The average molecular weight is 372 g/mol. The summed E-state index contributed by atoms with van der Waals surface area (Å²) in [6.45, 7) is 8.80. The highest BCUT2D eigenvalue weighted by Crippen LogP contribution is 2.24. The van der Waals surface area contributed by atoms with Crippen molar-refractivity contribution in [3.05, 3.63) is 59.7 Å². The smallest absolute Gasteiger partial charge is 0.338 e. The Balaban J connectivity index is 1.77. The molecular formula is C22H28O5. The first-order valence-electron chi connectivity index (χ1n) is 9.11. The first-order valence-corrected chi connectivity index (χ1v) is 9.11. The first kappa shape index (κ1) is 20.8. The zero-order chi connectivity index (χ0) is 19.9. The van der Waals surface area contributed by atoms with Crippen LogP contribution < -0.4 is 9.47 Å². The fourth-order valence-corrected chi connectivity index (χ4v) is 2.39. The van der Waals surface area contributed by atoms with Crippen LogP contribution in [0.4, 0.5) is 0 Å². The highest BCUT2D eigenvalue weighted by Gasteiger charge is 2.13. The molecule has 1 atom stereocenters. The lowest BCUT2D eigenvalue weighted by atomic mass is 9.87. The van der Waals surface area contributed by atoms with Crippen molar-refractivity contribution in [1.82, 2.24) is 0 Å². The molecule has 1 unspecified atom stereocenters. The number of esters is 1. The topological polar surface area (TPSA) is 65.0 Å². The second-order valence-corrected chi connectivity index (χ2v) is 7.30. The SMILES string of the molecule is CCOC(=O)c1ccc(OCC(O)COc2ccc(C(C)(C)C)cc2)cc1. The van der Waals surface area contributed by atoms with Crippen LogP contribution in [-0.4, -0.2) is 37.0 Å². The van der Waals surface area contributed by atoms with Gasteiger partial charge in [-0.1, -0.05) is 32.9 Å². The molecule has 146 valence electrons. The quantitative estimate of drug-likeness (QED) is 0.710. The Kier molecular flexibility index (Phi) is 7.25. The highest BCUT2D eigenvalue weighted by atomic mass is 16.5. The summed E-state index contributed by atoms with van der Waals surface area (Å²) in [5.41, 5.74) is 1.78. The number of aliphatic hydroxyl groups is 1. The number of ether oxygens (including phenoxy) is 3. The summed E-state index contributed by atoms with van der Waals surface area (Å²) in [4.78, 5) is 11.6. The zero-order valence-corrected chi connectivity index (χ0v) is 16.4. The molecule has 0 amide bonds. The lowest BCUT2D eigenvalue weighted by Gasteiger charge is -2.19. The lowest BCUT2D eigenvalue weighted by Crippen LogP contribution is -2.25. The van der Waals surface area contributed by atoms with Crippen LogP contribution in [0.5, 0.6) is 11.5 Å². The Bertz CT molecular complexity index is 714. The van der Waals surface area contributed by atoms with Crippen LogP contribution in [0.1, 0.15) is 43.6 Å². The fourth-order valence-electron chi connectivity index (χ4n) is 2.39. The van der Waals surface area contributed by atoms with Crippen LogP contribution in [0.3, 0.4) is 0 Å². The summed E-state index contributed by atoms with van der Waals surface area (Å²) in [7, 11) is 0. The van der Waals surface area contributed by atoms with Crippen molar-refractivity contribution in [2.45, 2.75) is 39.2 Å². The molecule has 5 heteroatoms. The summed E-state index contributed by atoms with van der Waals surface area (Å²) in [6.07, 6.45) is -0.767. The molecule has 0 spiro atoms. The molecule has 0 saturated heterocycles. The average Bonchev–Trinajstić information content (AvgIpc) is 2.65. The van der Waals surface area contributed by atoms with Crippen LogP contribution in [0.15, 0.2) is 48.5 Å². The Morgan fingerprint density at radius 1 is 0.926 bits per heavy atom. The summed E-state index contributed by atoms with van der Waals surface area (Å²) < 4.78 is 16.1. The summed E-state index contributed by atoms with van der Waals surface area (Å²) in [5, 5.41) is 10.0. The van der Waals surface area contributed by atoms with Gasteiger partial charge in [-0.25, -0.2) is 4.79 Å². The monoisotopic (exact) mass is 372 g/mol. The van der Waals surface area contributed by atoms with Gasteiger partial charge in [0, 0.05) is 0 Å². The number of rotatable bonds is 8. The minimum atomic E-state index is -0.767. The van der Waals surface area contributed by atoms with Gasteiger partial charge in [-0.2, -0.15) is 0 Å². The van der Waals surface area contributed by atoms with E-state index < -0.39 is 6.10 Å². The molecule has 0 saturated carbocycles. The number of carbonyl (C=O) groups excluding carboxylic acids is 1. The second-order valence-electron chi connectivity index (χ2n) is 7.30. The van der Waals surface area contributed by atoms with Gasteiger partial charge in [-0.15, -0.1) is 0 Å². The van der Waals surface area contributed by atoms with Crippen molar-refractivity contribution >= 4 is 5.97 Å². The van der Waals surface area contributed by atoms with Crippen LogP contribution >= 0.6 is 0 Å². The molecule has 0 aliphatic heterocycles. The molecule has 5 nitrogen and oxygen atoms in total. The van der Waals surface area contributed by atoms with E-state index in [1.54, 1.807) is 31.2 Å². The van der Waals surface area contributed by atoms with E-state index in [-0.39, 0.29) is 24.6 Å². The molecule has 1 N–H and O–H groups in total. The van der Waals surface area contributed by atoms with E-state index >= 15 is 0 Å². The van der Waals surface area contributed by atoms with Crippen molar-refractivity contribution in [2.24, 2.45) is 0 Å². The normalized spacial score (nSPS) is 12.3. The lowest BCUT2D eigenvalue weighted by molar-refractivity contribution is 0.0525. The maximum Gasteiger partial charge on any atom is 0.338 e. The van der Waals surface area contributed by atoms with E-state index in [1.165, 1.54) is 5.56 Å². The molecule has 0 bridgehead atoms. The van der Waals surface area contributed by atoms with E-state index in [9.17, 15) is 9.90 Å². The predicted octanol–water partition coefficient (Wildman–Crippen LogP) is 3.98. The minimum absolute atomic E-state index is 0.0920. The fraction of sp³-hybridized carbons (Fsp3) is 0.409. The maximum absolute atomic E-state index is 11.6. The Morgan fingerprint density at radius 2 is 1.41 bits per heavy atom. The third kappa shape index (κ3) is 6.61. The molecule has 0 aliphatic carbocycles. The molecule has 0 fully saturated rings. The molecule has 0 aliphatic rings. The standard InChI is InChI=1S/C22H28O5/c1-5-25-21(24)16-6-10-19(11-7-16)26-14-18(23)15-27-20-12-8-17(9-13-20)22(2,3)4/h6-13,18,23H,5,14-15H2,1-4H3. The second kappa shape index (κ2) is 9.42. The van der Waals surface area contributed by atoms with Gasteiger partial charge < -0.3 is 19.3 Å². The maximum atomic E-state index is 11.6. The van der Waals surface area contributed by atoms with E-state index in [1.807, 2.05) is 24.3 Å². The zero-order valence-electron chi connectivity index (χ0n) is 16.4. The van der Waals surface area contributed by atoms with Gasteiger partial charge in [0.05, 0.1) is 12.2 Å². The van der Waals surface area contributed by atoms with E-state index in [2.05, 4.69) is 20.8 Å². The van der Waals surface area contributed by atoms with Crippen molar-refractivity contribution < 1.29 is 24.1 Å². The third-order valence-corrected chi connectivity index (χ3v) is 3.97. The number of hydrogen-bond donors (Lipinski definition) is 1. The van der Waals surface area contributed by atoms with E-state index in [0.717, 1.165) is 0 Å². The minimum Gasteiger partial charge on any atom is -0.491 e. The van der Waals surface area contributed by atoms with Gasteiger partial charge in [0.2, 0.25) is 0 Å². The Morgan fingerprint density at radius 3 is 1.85 bits per heavy atom. The van der Waals surface area contributed by atoms with Gasteiger partial charge >= 0.3 is 5.97 Å². The molecule has 2 rings (SSSR count). The van der Waals surface area contributed by atoms with Gasteiger partial charge in [-0.05, 0) is 54.3 Å². The van der Waals surface area contributed by atoms with Crippen molar-refractivity contribution in [1.29, 1.82) is 0 Å². The van der Waals surface area contributed by atoms with Gasteiger partial charge in [0.15, 0.2) is 0 Å². The van der Waals surface area contributed by atoms with Crippen molar-refractivity contribution in [3.63, 3.8) is 0 Å². The number of aliphatic hydroxyl groups excluding tert-OH is 1. The molecule has 2 aromatic rings.